The van der Waals surface area contributed by atoms with E-state index in [1.165, 1.54) is 384 Å². The van der Waals surface area contributed by atoms with Gasteiger partial charge in [0, 0.05) is 83.0 Å². The molecule has 4 aromatic carbocycles. The fourth-order valence-corrected chi connectivity index (χ4v) is 42.9. The lowest BCUT2D eigenvalue weighted by molar-refractivity contribution is 0.602. The summed E-state index contributed by atoms with van der Waals surface area (Å²) >= 11 is 0. The summed E-state index contributed by atoms with van der Waals surface area (Å²) in [5.41, 5.74) is 20.2. The molecule has 6 aliphatic heterocycles. The molecule has 118 heavy (non-hydrogen) atoms. The summed E-state index contributed by atoms with van der Waals surface area (Å²) in [6.07, 6.45) is 67.8. The molecule has 0 unspecified atom stereocenters. The highest BCUT2D eigenvalue weighted by molar-refractivity contribution is 9.36. The minimum atomic E-state index is 0.802. The first kappa shape index (κ1) is 94.7. The summed E-state index contributed by atoms with van der Waals surface area (Å²) in [4.78, 5) is 58.8. The normalized spacial score (nSPS) is 14.2. The van der Waals surface area contributed by atoms with Crippen LogP contribution in [-0.2, 0) is 51.4 Å². The van der Waals surface area contributed by atoms with Gasteiger partial charge < -0.3 is 9.97 Å². The summed E-state index contributed by atoms with van der Waals surface area (Å²) in [7, 11) is 28.0. The highest BCUT2D eigenvalue weighted by atomic mass is 33.8. The van der Waals surface area contributed by atoms with Crippen LogP contribution in [0.1, 0.15) is 408 Å². The number of aryl methyl sites for hydroxylation is 4. The molecule has 0 atom stereocenters. The fraction of sp³-hybridized carbons (Fsp3) is 0.667. The van der Waals surface area contributed by atoms with Crippen molar-refractivity contribution in [3.8, 4) is 45.6 Å². The van der Waals surface area contributed by atoms with Crippen LogP contribution in [0.2, 0.25) is 0 Å². The topological polar surface area (TPSA) is 109 Å². The lowest BCUT2D eigenvalue weighted by atomic mass is 9.90. The number of hydrogen-bond acceptors (Lipinski definition) is 20. The Balaban J connectivity index is 1.21. The predicted octanol–water partition coefficient (Wildman–Crippen LogP) is 38.4. The first-order chi connectivity index (χ1) is 58.4. The van der Waals surface area contributed by atoms with Crippen LogP contribution < -0.4 is 0 Å². The SMILES string of the molecule is CCCCCCCCc1c2c(c(CCCCCCCC)c3c1-c1nc-3nc3[nH]c(nc4[nH]c(nc5nc(n1)-c1c(CCCCCCCC)c6c(c(CCCCCCCC)c1-5)SSS6)c1c(CCCCCCCC)c5c(c(CCCCCCCC)c41)SSS5)c1c(CCCCCCCC)c4c(c(CCCCCCCC)c31)SSS4)SSSSS2. The van der Waals surface area contributed by atoms with Crippen LogP contribution in [0.4, 0.5) is 0 Å². The number of unbranched alkanes of at least 4 members (excludes halogenated alkanes) is 40. The number of aromatic amines is 2. The molecule has 0 spiro atoms. The third kappa shape index (κ3) is 24.2. The minimum Gasteiger partial charge on any atom is -0.324 e. The average molecular weight is 1850 g/mol. The van der Waals surface area contributed by atoms with Crippen molar-refractivity contribution in [3.63, 3.8) is 0 Å². The highest BCUT2D eigenvalue weighted by Crippen LogP contribution is 2.67. The predicted molar refractivity (Wildman–Crippen MR) is 545 cm³/mol. The summed E-state index contributed by atoms with van der Waals surface area (Å²) in [6, 6.07) is 0. The highest BCUT2D eigenvalue weighted by Gasteiger charge is 2.39. The molecule has 646 valence electrons. The van der Waals surface area contributed by atoms with Crippen molar-refractivity contribution >= 4 is 189 Å². The zero-order chi connectivity index (χ0) is 81.6. The first-order valence-electron chi connectivity index (χ1n) is 47.5. The van der Waals surface area contributed by atoms with Crippen LogP contribution in [0.5, 0.6) is 0 Å². The number of hydrogen-bond donors (Lipinski definition) is 2. The third-order valence-corrected chi connectivity index (χ3v) is 46.3. The molecule has 0 saturated carbocycles. The second-order valence-electron chi connectivity index (χ2n) is 34.3. The number of H-pyrrole nitrogens is 2. The van der Waals surface area contributed by atoms with Gasteiger partial charge in [-0.2, -0.15) is 0 Å². The van der Waals surface area contributed by atoms with Gasteiger partial charge in [-0.1, -0.05) is 312 Å². The lowest BCUT2D eigenvalue weighted by Gasteiger charge is -2.21. The van der Waals surface area contributed by atoms with Gasteiger partial charge in [-0.15, -0.1) is 0 Å². The molecule has 0 radical (unpaired) electrons. The van der Waals surface area contributed by atoms with E-state index >= 15 is 0 Å². The van der Waals surface area contributed by atoms with Crippen LogP contribution in [0, 0.1) is 0 Å². The molecule has 13 rings (SSSR count). The standard InChI is InChI=1S/C96H138N8S14/c1-9-17-25-33-41-49-57-65-73-74(66(82-81(65)105-113-106-82)58-50-42-34-26-18-10-2)90-97-89(73)98-91-75-67(59-51-43-35-27-19-11-3)83-85(109-114-107-83)69(61-53-45-37-29-21-13-5)77(75)93(100-91)102-95-79-71(63-55-47-39-31-23-15-7)87-88(112-117-118-116-111-87)72(64-56-48-40-32-24-16-8)80(79)96(104-95)103-94-78-70(62-54-46-38-30-22-14-6)86-84(108-115-110-86)68(76(78)92(99-90)101-94)60-52-44-36-28-20-12-4/h9-64H2,1-8H3,(H2,97,98,99,100,101,102,103,104). The van der Waals surface area contributed by atoms with E-state index in [1.807, 2.05) is 145 Å². The molecule has 6 aliphatic rings. The summed E-state index contributed by atoms with van der Waals surface area (Å²) < 4.78 is 0. The van der Waals surface area contributed by atoms with Crippen LogP contribution in [-0.4, -0.2) is 39.9 Å². The molecule has 9 heterocycles. The second kappa shape index (κ2) is 51.4. The van der Waals surface area contributed by atoms with Crippen molar-refractivity contribution in [1.82, 2.24) is 39.9 Å². The van der Waals surface area contributed by atoms with E-state index in [9.17, 15) is 0 Å². The van der Waals surface area contributed by atoms with Gasteiger partial charge in [0.2, 0.25) is 0 Å². The largest absolute Gasteiger partial charge is 0.324 e. The molecule has 8 nitrogen and oxygen atoms in total. The number of nitrogens with zero attached hydrogens (tertiary/aromatic N) is 6. The monoisotopic (exact) mass is 1850 g/mol. The van der Waals surface area contributed by atoms with E-state index in [0.29, 0.717) is 0 Å². The number of nitrogens with one attached hydrogen (secondary N) is 2. The number of aromatic nitrogens is 8. The fourth-order valence-electron chi connectivity index (χ4n) is 18.9. The maximum atomic E-state index is 6.49. The molecule has 2 N–H and O–H groups in total. The summed E-state index contributed by atoms with van der Waals surface area (Å²) in [5, 5.41) is 5.14. The second-order valence-corrected chi connectivity index (χ2v) is 53.5. The molecular formula is C96H138N8S14. The quantitative estimate of drug-likeness (QED) is 0.0278. The van der Waals surface area contributed by atoms with Gasteiger partial charge in [-0.25, -0.2) is 29.9 Å². The van der Waals surface area contributed by atoms with Crippen molar-refractivity contribution in [1.29, 1.82) is 0 Å². The Kier molecular flexibility index (Phi) is 41.2. The maximum absolute atomic E-state index is 6.49. The van der Waals surface area contributed by atoms with Crippen molar-refractivity contribution in [2.45, 2.75) is 454 Å². The molecule has 8 bridgehead atoms. The summed E-state index contributed by atoms with van der Waals surface area (Å²) in [6.45, 7) is 18.8. The van der Waals surface area contributed by atoms with Crippen LogP contribution in [0.15, 0.2) is 39.2 Å². The minimum absolute atomic E-state index is 0.802. The van der Waals surface area contributed by atoms with Crippen molar-refractivity contribution in [2.75, 3.05) is 0 Å². The zero-order valence-electron chi connectivity index (χ0n) is 73.0. The van der Waals surface area contributed by atoms with Crippen LogP contribution in [0.3, 0.4) is 0 Å². The van der Waals surface area contributed by atoms with E-state index < -0.39 is 0 Å². The van der Waals surface area contributed by atoms with Gasteiger partial charge in [0.15, 0.2) is 23.3 Å². The molecule has 0 amide bonds. The molecule has 0 saturated heterocycles. The van der Waals surface area contributed by atoms with Crippen LogP contribution >= 0.6 is 145 Å². The Bertz CT molecular complexity index is 4580. The molecular weight excluding hydrogens is 1710 g/mol. The molecule has 0 aliphatic carbocycles. The Morgan fingerprint density at radius 1 is 0.169 bits per heavy atom. The van der Waals surface area contributed by atoms with Gasteiger partial charge >= 0.3 is 0 Å². The maximum Gasteiger partial charge on any atom is 0.165 e. The first-order valence-corrected chi connectivity index (χ1v) is 64.1. The van der Waals surface area contributed by atoms with Crippen molar-refractivity contribution in [3.05, 3.63) is 44.5 Å². The average Bonchev–Trinajstić information content (AvgIpc) is 1.55. The number of rotatable bonds is 56. The van der Waals surface area contributed by atoms with Gasteiger partial charge in [0.25, 0.3) is 0 Å². The van der Waals surface area contributed by atoms with E-state index in [0.717, 1.165) is 149 Å². The molecule has 7 aromatic rings. The molecule has 22 heteroatoms. The lowest BCUT2D eigenvalue weighted by Crippen LogP contribution is -2.04. The molecule has 0 fully saturated rings. The Hall–Kier alpha value is -0.860. The van der Waals surface area contributed by atoms with E-state index in [-0.39, 0.29) is 0 Å². The van der Waals surface area contributed by atoms with Gasteiger partial charge in [0.05, 0.1) is 0 Å². The van der Waals surface area contributed by atoms with Gasteiger partial charge in [0.1, 0.15) is 22.6 Å². The van der Waals surface area contributed by atoms with E-state index in [2.05, 4.69) is 65.4 Å². The Labute approximate surface area is 765 Å². The zero-order valence-corrected chi connectivity index (χ0v) is 84.4. The van der Waals surface area contributed by atoms with Crippen LogP contribution in [0.25, 0.3) is 89.7 Å². The van der Waals surface area contributed by atoms with Crippen molar-refractivity contribution < 1.29 is 0 Å². The van der Waals surface area contributed by atoms with Crippen molar-refractivity contribution in [2.24, 2.45) is 0 Å². The molecule has 3 aromatic heterocycles. The Morgan fingerprint density at radius 3 is 0.559 bits per heavy atom. The number of benzene rings is 4. The van der Waals surface area contributed by atoms with Gasteiger partial charge in [-0.05, 0) is 293 Å². The van der Waals surface area contributed by atoms with E-state index in [4.69, 9.17) is 29.9 Å². The summed E-state index contributed by atoms with van der Waals surface area (Å²) in [5.74, 6) is 3.25. The Morgan fingerprint density at radius 2 is 0.339 bits per heavy atom. The third-order valence-electron chi connectivity index (χ3n) is 25.3. The van der Waals surface area contributed by atoms with E-state index in [1.54, 1.807) is 0 Å². The smallest absolute Gasteiger partial charge is 0.165 e. The number of fused-ring (bicyclic) bond motifs is 24. The van der Waals surface area contributed by atoms with Gasteiger partial charge in [-0.3, -0.25) is 0 Å².